The molecular weight excluding hydrogens is 246 g/mol. The molecule has 1 aliphatic rings. The highest BCUT2D eigenvalue weighted by atomic mass is 16.5. The molecule has 0 aromatic heterocycles. The van der Waals surface area contributed by atoms with Crippen molar-refractivity contribution in [3.05, 3.63) is 29.8 Å². The van der Waals surface area contributed by atoms with Crippen molar-refractivity contribution >= 4 is 5.97 Å². The van der Waals surface area contributed by atoms with Crippen LogP contribution in [0, 0.1) is 0 Å². The predicted molar refractivity (Wildman–Crippen MR) is 70.0 cm³/mol. The molecule has 5 nitrogen and oxygen atoms in total. The molecule has 1 aromatic rings. The lowest BCUT2D eigenvalue weighted by Gasteiger charge is -2.22. The standard InChI is InChI=1S/C14H19NO4/c1-17-13-4-2-11(3-5-13)9-19-14(16)8-12-10-18-7-6-15-12/h2-5,12,15H,6-10H2,1H3. The van der Waals surface area contributed by atoms with Gasteiger partial charge in [-0.2, -0.15) is 0 Å². The summed E-state index contributed by atoms with van der Waals surface area (Å²) in [7, 11) is 1.62. The zero-order valence-corrected chi connectivity index (χ0v) is 11.1. The Bertz CT molecular complexity index is 398. The van der Waals surface area contributed by atoms with Gasteiger partial charge in [-0.15, -0.1) is 0 Å². The van der Waals surface area contributed by atoms with E-state index in [9.17, 15) is 4.79 Å². The van der Waals surface area contributed by atoms with E-state index in [4.69, 9.17) is 14.2 Å². The molecule has 1 fully saturated rings. The van der Waals surface area contributed by atoms with Gasteiger partial charge in [0.05, 0.1) is 26.7 Å². The average Bonchev–Trinajstić information content (AvgIpc) is 2.47. The first-order chi connectivity index (χ1) is 9.28. The van der Waals surface area contributed by atoms with Crippen molar-refractivity contribution in [1.29, 1.82) is 0 Å². The molecule has 1 atom stereocenters. The minimum absolute atomic E-state index is 0.0668. The minimum atomic E-state index is -0.209. The Kier molecular flexibility index (Phi) is 5.18. The number of hydrogen-bond donors (Lipinski definition) is 1. The van der Waals surface area contributed by atoms with Crippen LogP contribution in [0.1, 0.15) is 12.0 Å². The molecule has 0 amide bonds. The van der Waals surface area contributed by atoms with E-state index >= 15 is 0 Å². The number of morpholine rings is 1. The van der Waals surface area contributed by atoms with E-state index in [-0.39, 0.29) is 18.6 Å². The number of hydrogen-bond acceptors (Lipinski definition) is 5. The number of nitrogens with one attached hydrogen (secondary N) is 1. The van der Waals surface area contributed by atoms with Gasteiger partial charge in [-0.25, -0.2) is 0 Å². The third-order valence-electron chi connectivity index (χ3n) is 2.97. The van der Waals surface area contributed by atoms with Crippen molar-refractivity contribution in [2.24, 2.45) is 0 Å². The molecule has 1 unspecified atom stereocenters. The summed E-state index contributed by atoms with van der Waals surface area (Å²) in [6, 6.07) is 7.53. The molecule has 1 N–H and O–H groups in total. The van der Waals surface area contributed by atoms with Crippen LogP contribution in [0.25, 0.3) is 0 Å². The molecule has 104 valence electrons. The maximum Gasteiger partial charge on any atom is 0.307 e. The lowest BCUT2D eigenvalue weighted by atomic mass is 10.2. The van der Waals surface area contributed by atoms with Gasteiger partial charge in [0, 0.05) is 12.6 Å². The molecule has 0 radical (unpaired) electrons. The van der Waals surface area contributed by atoms with Crippen LogP contribution in [0.5, 0.6) is 5.75 Å². The van der Waals surface area contributed by atoms with Crippen molar-refractivity contribution in [2.45, 2.75) is 19.1 Å². The van der Waals surface area contributed by atoms with Crippen molar-refractivity contribution < 1.29 is 19.0 Å². The van der Waals surface area contributed by atoms with Gasteiger partial charge in [-0.05, 0) is 17.7 Å². The number of benzene rings is 1. The van der Waals surface area contributed by atoms with Crippen LogP contribution in [-0.4, -0.2) is 38.9 Å². The molecule has 5 heteroatoms. The Morgan fingerprint density at radius 3 is 2.84 bits per heavy atom. The molecule has 0 aliphatic carbocycles. The molecule has 1 saturated heterocycles. The molecule has 0 saturated carbocycles. The summed E-state index contributed by atoms with van der Waals surface area (Å²) in [5.74, 6) is 0.581. The largest absolute Gasteiger partial charge is 0.497 e. The second kappa shape index (κ2) is 7.11. The molecule has 1 aromatic carbocycles. The number of ether oxygens (including phenoxy) is 3. The second-order valence-corrected chi connectivity index (χ2v) is 4.44. The van der Waals surface area contributed by atoms with Crippen LogP contribution in [0.4, 0.5) is 0 Å². The fourth-order valence-electron chi connectivity index (χ4n) is 1.90. The topological polar surface area (TPSA) is 56.8 Å². The first-order valence-electron chi connectivity index (χ1n) is 6.37. The highest BCUT2D eigenvalue weighted by Gasteiger charge is 2.17. The highest BCUT2D eigenvalue weighted by molar-refractivity contribution is 5.70. The minimum Gasteiger partial charge on any atom is -0.497 e. The summed E-state index contributed by atoms with van der Waals surface area (Å²) in [4.78, 5) is 11.7. The third kappa shape index (κ3) is 4.54. The summed E-state index contributed by atoms with van der Waals surface area (Å²) in [6.45, 7) is 2.35. The normalized spacial score (nSPS) is 18.9. The van der Waals surface area contributed by atoms with Crippen LogP contribution in [0.15, 0.2) is 24.3 Å². The van der Waals surface area contributed by atoms with Crippen LogP contribution < -0.4 is 10.1 Å². The van der Waals surface area contributed by atoms with Gasteiger partial charge in [-0.1, -0.05) is 12.1 Å². The van der Waals surface area contributed by atoms with Crippen LogP contribution in [-0.2, 0) is 20.9 Å². The molecule has 19 heavy (non-hydrogen) atoms. The van der Waals surface area contributed by atoms with Gasteiger partial charge in [-0.3, -0.25) is 4.79 Å². The van der Waals surface area contributed by atoms with Gasteiger partial charge in [0.2, 0.25) is 0 Å². The second-order valence-electron chi connectivity index (χ2n) is 4.44. The van der Waals surface area contributed by atoms with Gasteiger partial charge in [0.1, 0.15) is 12.4 Å². The Hall–Kier alpha value is -1.59. The monoisotopic (exact) mass is 265 g/mol. The van der Waals surface area contributed by atoms with E-state index < -0.39 is 0 Å². The van der Waals surface area contributed by atoms with Gasteiger partial charge >= 0.3 is 5.97 Å². The van der Waals surface area contributed by atoms with E-state index in [1.807, 2.05) is 24.3 Å². The molecule has 1 heterocycles. The summed E-state index contributed by atoms with van der Waals surface area (Å²) < 4.78 is 15.6. The Morgan fingerprint density at radius 2 is 2.21 bits per heavy atom. The maximum absolute atomic E-state index is 11.7. The smallest absolute Gasteiger partial charge is 0.307 e. The third-order valence-corrected chi connectivity index (χ3v) is 2.97. The summed E-state index contributed by atoms with van der Waals surface area (Å²) in [5, 5.41) is 3.22. The van der Waals surface area contributed by atoms with Crippen LogP contribution >= 0.6 is 0 Å². The molecular formula is C14H19NO4. The fraction of sp³-hybridized carbons (Fsp3) is 0.500. The van der Waals surface area contributed by atoms with Gasteiger partial charge in [0.15, 0.2) is 0 Å². The van der Waals surface area contributed by atoms with Crippen LogP contribution in [0.3, 0.4) is 0 Å². The van der Waals surface area contributed by atoms with Crippen LogP contribution in [0.2, 0.25) is 0 Å². The lowest BCUT2D eigenvalue weighted by molar-refractivity contribution is -0.146. The summed E-state index contributed by atoms with van der Waals surface area (Å²) in [5.41, 5.74) is 0.946. The number of carbonyl (C=O) groups excluding carboxylic acids is 1. The fourth-order valence-corrected chi connectivity index (χ4v) is 1.90. The van der Waals surface area contributed by atoms with E-state index in [0.29, 0.717) is 19.6 Å². The quantitative estimate of drug-likeness (QED) is 0.808. The first kappa shape index (κ1) is 13.8. The molecule has 0 bridgehead atoms. The summed E-state index contributed by atoms with van der Waals surface area (Å²) >= 11 is 0. The highest BCUT2D eigenvalue weighted by Crippen LogP contribution is 2.12. The average molecular weight is 265 g/mol. The van der Waals surface area contributed by atoms with Gasteiger partial charge in [0.25, 0.3) is 0 Å². The summed E-state index contributed by atoms with van der Waals surface area (Å²) in [6.07, 6.45) is 0.343. The van der Waals surface area contributed by atoms with Gasteiger partial charge < -0.3 is 19.5 Å². The zero-order chi connectivity index (χ0) is 13.5. The number of carbonyl (C=O) groups is 1. The van der Waals surface area contributed by atoms with E-state index in [1.165, 1.54) is 0 Å². The number of rotatable bonds is 5. The van der Waals surface area contributed by atoms with Crippen molar-refractivity contribution in [2.75, 3.05) is 26.9 Å². The zero-order valence-electron chi connectivity index (χ0n) is 11.1. The van der Waals surface area contributed by atoms with Crippen molar-refractivity contribution in [1.82, 2.24) is 5.32 Å². The van der Waals surface area contributed by atoms with E-state index in [0.717, 1.165) is 17.9 Å². The Morgan fingerprint density at radius 1 is 1.42 bits per heavy atom. The predicted octanol–water partition coefficient (Wildman–Crippen LogP) is 1.12. The molecule has 1 aliphatic heterocycles. The maximum atomic E-state index is 11.7. The van der Waals surface area contributed by atoms with E-state index in [2.05, 4.69) is 5.32 Å². The molecule has 0 spiro atoms. The Balaban J connectivity index is 1.72. The van der Waals surface area contributed by atoms with Crippen molar-refractivity contribution in [3.63, 3.8) is 0 Å². The Labute approximate surface area is 112 Å². The number of esters is 1. The van der Waals surface area contributed by atoms with E-state index in [1.54, 1.807) is 7.11 Å². The SMILES string of the molecule is COc1ccc(COC(=O)CC2COCCN2)cc1. The van der Waals surface area contributed by atoms with Crippen molar-refractivity contribution in [3.8, 4) is 5.75 Å². The lowest BCUT2D eigenvalue weighted by Crippen LogP contribution is -2.42. The molecule has 2 rings (SSSR count). The first-order valence-corrected chi connectivity index (χ1v) is 6.37. The number of methoxy groups -OCH3 is 1.